The topological polar surface area (TPSA) is 9.23 Å². The molecule has 0 aromatic rings. The minimum Gasteiger partial charge on any atom is -0.494 e. The summed E-state index contributed by atoms with van der Waals surface area (Å²) in [4.78, 5) is 0. The summed E-state index contributed by atoms with van der Waals surface area (Å²) < 4.78 is 5.18. The Morgan fingerprint density at radius 2 is 2.44 bits per heavy atom. The number of rotatable bonds is 2. The Morgan fingerprint density at radius 3 is 3.00 bits per heavy atom. The third kappa shape index (κ3) is 1.76. The van der Waals surface area contributed by atoms with Gasteiger partial charge in [-0.1, -0.05) is 12.2 Å². The zero-order valence-corrected chi connectivity index (χ0v) is 5.29. The van der Waals surface area contributed by atoms with Gasteiger partial charge in [-0.2, -0.15) is 0 Å². The molecule has 0 saturated heterocycles. The molecule has 0 aromatic heterocycles. The highest BCUT2D eigenvalue weighted by molar-refractivity contribution is 5.08. The Labute approximate surface area is 55.3 Å². The first-order valence-electron chi connectivity index (χ1n) is 3.03. The molecule has 48 valence electrons. The molecular weight excluding hydrogens is 112 g/mol. The predicted octanol–water partition coefficient (Wildman–Crippen LogP) is 2.03. The molecule has 1 heterocycles. The molecule has 0 radical (unpaired) electrons. The van der Waals surface area contributed by atoms with Gasteiger partial charge in [0.05, 0.1) is 6.26 Å². The van der Waals surface area contributed by atoms with E-state index in [0.29, 0.717) is 0 Å². The highest BCUT2D eigenvalue weighted by atomic mass is 16.5. The number of hydrogen-bond acceptors (Lipinski definition) is 1. The number of allylic oxidation sites excluding steroid dienone is 2. The Balaban J connectivity index is 2.36. The summed E-state index contributed by atoms with van der Waals surface area (Å²) in [7, 11) is 0. The molecule has 0 fully saturated rings. The van der Waals surface area contributed by atoms with Crippen molar-refractivity contribution in [2.24, 2.45) is 0 Å². The molecule has 1 atom stereocenters. The van der Waals surface area contributed by atoms with Crippen molar-refractivity contribution in [3.8, 4) is 0 Å². The second kappa shape index (κ2) is 3.13. The van der Waals surface area contributed by atoms with Crippen LogP contribution in [0, 0.1) is 0 Å². The SMILES string of the molecule is C=CCC1C=CC=CO1. The van der Waals surface area contributed by atoms with E-state index in [4.69, 9.17) is 4.74 Å². The molecule has 0 amide bonds. The van der Waals surface area contributed by atoms with Gasteiger partial charge >= 0.3 is 0 Å². The summed E-state index contributed by atoms with van der Waals surface area (Å²) in [6.07, 6.45) is 10.5. The zero-order valence-electron chi connectivity index (χ0n) is 5.29. The maximum absolute atomic E-state index is 5.18. The van der Waals surface area contributed by atoms with E-state index in [1.807, 2.05) is 24.3 Å². The van der Waals surface area contributed by atoms with Gasteiger partial charge in [-0.15, -0.1) is 6.58 Å². The van der Waals surface area contributed by atoms with E-state index in [1.54, 1.807) is 6.26 Å². The van der Waals surface area contributed by atoms with Crippen LogP contribution >= 0.6 is 0 Å². The maximum Gasteiger partial charge on any atom is 0.120 e. The molecule has 9 heavy (non-hydrogen) atoms. The van der Waals surface area contributed by atoms with Gasteiger partial charge in [-0.05, 0) is 12.2 Å². The molecule has 0 aliphatic carbocycles. The van der Waals surface area contributed by atoms with Crippen LogP contribution in [-0.4, -0.2) is 6.10 Å². The standard InChI is InChI=1S/C8H10O/c1-2-5-8-6-3-4-7-9-8/h2-4,6-8H,1,5H2. The fourth-order valence-electron chi connectivity index (χ4n) is 0.723. The normalized spacial score (nSPS) is 23.3. The molecule has 0 saturated carbocycles. The van der Waals surface area contributed by atoms with Gasteiger partial charge in [-0.25, -0.2) is 0 Å². The van der Waals surface area contributed by atoms with Gasteiger partial charge in [0.15, 0.2) is 0 Å². The summed E-state index contributed by atoms with van der Waals surface area (Å²) in [5.74, 6) is 0. The minimum absolute atomic E-state index is 0.215. The molecule has 0 aromatic carbocycles. The van der Waals surface area contributed by atoms with E-state index in [9.17, 15) is 0 Å². The summed E-state index contributed by atoms with van der Waals surface area (Å²) in [6.45, 7) is 3.62. The van der Waals surface area contributed by atoms with E-state index in [1.165, 1.54) is 0 Å². The van der Waals surface area contributed by atoms with E-state index in [2.05, 4.69) is 6.58 Å². The maximum atomic E-state index is 5.18. The Bertz CT molecular complexity index is 143. The van der Waals surface area contributed by atoms with Gasteiger partial charge in [0.25, 0.3) is 0 Å². The fourth-order valence-corrected chi connectivity index (χ4v) is 0.723. The van der Waals surface area contributed by atoms with Crippen LogP contribution in [0.2, 0.25) is 0 Å². The molecule has 1 rings (SSSR count). The molecule has 1 unspecified atom stereocenters. The van der Waals surface area contributed by atoms with Gasteiger partial charge in [-0.3, -0.25) is 0 Å². The van der Waals surface area contributed by atoms with Crippen LogP contribution in [-0.2, 0) is 4.74 Å². The van der Waals surface area contributed by atoms with Crippen LogP contribution in [0.4, 0.5) is 0 Å². The highest BCUT2D eigenvalue weighted by Crippen LogP contribution is 2.05. The van der Waals surface area contributed by atoms with Crippen molar-refractivity contribution in [2.75, 3.05) is 0 Å². The third-order valence-electron chi connectivity index (χ3n) is 1.17. The van der Waals surface area contributed by atoms with Gasteiger partial charge in [0.2, 0.25) is 0 Å². The van der Waals surface area contributed by atoms with Crippen LogP contribution in [0.5, 0.6) is 0 Å². The Morgan fingerprint density at radius 1 is 1.56 bits per heavy atom. The van der Waals surface area contributed by atoms with Gasteiger partial charge in [0, 0.05) is 6.42 Å². The predicted molar refractivity (Wildman–Crippen MR) is 38.0 cm³/mol. The molecule has 0 N–H and O–H groups in total. The summed E-state index contributed by atoms with van der Waals surface area (Å²) >= 11 is 0. The third-order valence-corrected chi connectivity index (χ3v) is 1.17. The molecule has 1 aliphatic rings. The van der Waals surface area contributed by atoms with Crippen LogP contribution in [0.15, 0.2) is 37.1 Å². The van der Waals surface area contributed by atoms with Crippen molar-refractivity contribution >= 4 is 0 Å². The molecule has 1 heteroatoms. The van der Waals surface area contributed by atoms with Crippen LogP contribution < -0.4 is 0 Å². The second-order valence-electron chi connectivity index (χ2n) is 1.91. The van der Waals surface area contributed by atoms with Crippen LogP contribution in [0.1, 0.15) is 6.42 Å². The molecule has 0 bridgehead atoms. The lowest BCUT2D eigenvalue weighted by Gasteiger charge is -2.11. The van der Waals surface area contributed by atoms with Gasteiger partial charge < -0.3 is 4.74 Å². The molecule has 1 nitrogen and oxygen atoms in total. The number of hydrogen-bond donors (Lipinski definition) is 0. The zero-order chi connectivity index (χ0) is 6.53. The van der Waals surface area contributed by atoms with Crippen LogP contribution in [0.25, 0.3) is 0 Å². The smallest absolute Gasteiger partial charge is 0.120 e. The van der Waals surface area contributed by atoms with Crippen molar-refractivity contribution in [3.63, 3.8) is 0 Å². The molecule has 0 spiro atoms. The van der Waals surface area contributed by atoms with Crippen LogP contribution in [0.3, 0.4) is 0 Å². The minimum atomic E-state index is 0.215. The van der Waals surface area contributed by atoms with Crippen molar-refractivity contribution in [2.45, 2.75) is 12.5 Å². The average Bonchev–Trinajstić information content (AvgIpc) is 1.91. The van der Waals surface area contributed by atoms with Crippen molar-refractivity contribution in [1.82, 2.24) is 0 Å². The lowest BCUT2D eigenvalue weighted by Crippen LogP contribution is -2.05. The van der Waals surface area contributed by atoms with Crippen molar-refractivity contribution in [3.05, 3.63) is 37.1 Å². The van der Waals surface area contributed by atoms with Gasteiger partial charge in [0.1, 0.15) is 6.10 Å². The summed E-state index contributed by atoms with van der Waals surface area (Å²) in [6, 6.07) is 0. The lowest BCUT2D eigenvalue weighted by molar-refractivity contribution is 0.186. The monoisotopic (exact) mass is 122 g/mol. The Kier molecular flexibility index (Phi) is 2.13. The Hall–Kier alpha value is -0.980. The first-order valence-corrected chi connectivity index (χ1v) is 3.03. The summed E-state index contributed by atoms with van der Waals surface area (Å²) in [5, 5.41) is 0. The second-order valence-corrected chi connectivity index (χ2v) is 1.91. The molecule has 1 aliphatic heterocycles. The van der Waals surface area contributed by atoms with E-state index in [-0.39, 0.29) is 6.10 Å². The van der Waals surface area contributed by atoms with E-state index < -0.39 is 0 Å². The van der Waals surface area contributed by atoms with E-state index >= 15 is 0 Å². The summed E-state index contributed by atoms with van der Waals surface area (Å²) in [5.41, 5.74) is 0. The first-order chi connectivity index (χ1) is 4.43. The van der Waals surface area contributed by atoms with E-state index in [0.717, 1.165) is 6.42 Å². The fraction of sp³-hybridized carbons (Fsp3) is 0.250. The number of ether oxygens (including phenoxy) is 1. The average molecular weight is 122 g/mol. The highest BCUT2D eigenvalue weighted by Gasteiger charge is 2.00. The van der Waals surface area contributed by atoms with Crippen molar-refractivity contribution in [1.29, 1.82) is 0 Å². The largest absolute Gasteiger partial charge is 0.494 e. The first kappa shape index (κ1) is 6.14. The molecular formula is C8H10O. The lowest BCUT2D eigenvalue weighted by atomic mass is 10.2. The quantitative estimate of drug-likeness (QED) is 0.509. The van der Waals surface area contributed by atoms with Crippen molar-refractivity contribution < 1.29 is 4.74 Å².